The lowest BCUT2D eigenvalue weighted by Crippen LogP contribution is -2.54. The van der Waals surface area contributed by atoms with Crippen molar-refractivity contribution in [2.24, 2.45) is 12.1 Å². The topological polar surface area (TPSA) is 109 Å². The molecule has 1 aliphatic heterocycles. The predicted molar refractivity (Wildman–Crippen MR) is 66.6 cm³/mol. The maximum absolute atomic E-state index is 12.1. The first-order chi connectivity index (χ1) is 8.79. The number of aryl methyl sites for hydroxylation is 2. The van der Waals surface area contributed by atoms with Crippen LogP contribution in [-0.4, -0.2) is 41.3 Å². The van der Waals surface area contributed by atoms with Crippen LogP contribution >= 0.6 is 0 Å². The van der Waals surface area contributed by atoms with E-state index in [0.29, 0.717) is 11.5 Å². The van der Waals surface area contributed by atoms with Crippen LogP contribution in [0, 0.1) is 6.92 Å². The second kappa shape index (κ2) is 4.63. The van der Waals surface area contributed by atoms with Gasteiger partial charge in [0.1, 0.15) is 5.82 Å². The van der Waals surface area contributed by atoms with Gasteiger partial charge in [0.05, 0.1) is 12.3 Å². The van der Waals surface area contributed by atoms with Crippen LogP contribution in [0.1, 0.15) is 12.7 Å². The number of hydrogen-bond acceptors (Lipinski definition) is 5. The molecule has 1 aromatic rings. The van der Waals surface area contributed by atoms with E-state index in [1.54, 1.807) is 25.5 Å². The number of hydrogen-bond donors (Lipinski definition) is 2. The molecule has 0 aromatic carbocycles. The SMILES string of the molecule is CC1=NNC(=O)N(NS(=O)(=O)c2cn(C)c(C)n2)C1. The number of sulfonamides is 1. The smallest absolute Gasteiger partial charge is 0.337 e. The van der Waals surface area contributed by atoms with Gasteiger partial charge in [-0.15, -0.1) is 4.83 Å². The van der Waals surface area contributed by atoms with E-state index in [2.05, 4.69) is 20.3 Å². The molecular weight excluding hydrogens is 272 g/mol. The molecule has 10 heteroatoms. The Bertz CT molecular complexity index is 627. The average Bonchev–Trinajstić information content (AvgIpc) is 2.65. The summed E-state index contributed by atoms with van der Waals surface area (Å²) in [6.07, 6.45) is 1.38. The molecule has 2 N–H and O–H groups in total. The number of urea groups is 1. The second-order valence-electron chi connectivity index (χ2n) is 4.18. The zero-order chi connectivity index (χ0) is 14.2. The fourth-order valence-electron chi connectivity index (χ4n) is 1.46. The van der Waals surface area contributed by atoms with Gasteiger partial charge in [-0.3, -0.25) is 0 Å². The van der Waals surface area contributed by atoms with Crippen molar-refractivity contribution in [3.63, 3.8) is 0 Å². The average molecular weight is 286 g/mol. The standard InChI is InChI=1S/C9H14N6O3S/c1-6-4-15(9(16)12-11-6)13-19(17,18)8-5-14(3)7(2)10-8/h5,13H,4H2,1-3H3,(H,12,16). The minimum absolute atomic E-state index is 0.0802. The highest BCUT2D eigenvalue weighted by atomic mass is 32.2. The van der Waals surface area contributed by atoms with Gasteiger partial charge in [-0.05, 0) is 13.8 Å². The van der Waals surface area contributed by atoms with Gasteiger partial charge < -0.3 is 4.57 Å². The summed E-state index contributed by atoms with van der Waals surface area (Å²) in [4.78, 5) is 17.6. The molecule has 1 aliphatic rings. The van der Waals surface area contributed by atoms with Crippen molar-refractivity contribution in [1.82, 2.24) is 24.8 Å². The maximum Gasteiger partial charge on any atom is 0.353 e. The highest BCUT2D eigenvalue weighted by molar-refractivity contribution is 7.89. The lowest BCUT2D eigenvalue weighted by atomic mass is 10.4. The van der Waals surface area contributed by atoms with Crippen LogP contribution in [-0.2, 0) is 17.1 Å². The highest BCUT2D eigenvalue weighted by Crippen LogP contribution is 2.08. The zero-order valence-electron chi connectivity index (χ0n) is 10.7. The Hall–Kier alpha value is -1.94. The summed E-state index contributed by atoms with van der Waals surface area (Å²) < 4.78 is 25.7. The van der Waals surface area contributed by atoms with Gasteiger partial charge in [-0.1, -0.05) is 0 Å². The summed E-state index contributed by atoms with van der Waals surface area (Å²) in [5.74, 6) is 0.557. The first-order valence-electron chi connectivity index (χ1n) is 5.42. The lowest BCUT2D eigenvalue weighted by molar-refractivity contribution is 0.193. The minimum atomic E-state index is -3.89. The van der Waals surface area contributed by atoms with E-state index in [-0.39, 0.29) is 11.6 Å². The summed E-state index contributed by atoms with van der Waals surface area (Å²) in [5, 5.41) is 4.50. The molecule has 2 amide bonds. The number of carbonyl (C=O) groups excluding carboxylic acids is 1. The first kappa shape index (κ1) is 13.5. The number of hydrazine groups is 1. The van der Waals surface area contributed by atoms with Crippen molar-refractivity contribution in [2.45, 2.75) is 18.9 Å². The van der Waals surface area contributed by atoms with Gasteiger partial charge in [0.2, 0.25) is 0 Å². The molecule has 0 saturated carbocycles. The Kier molecular flexibility index (Phi) is 3.28. The van der Waals surface area contributed by atoms with Crippen molar-refractivity contribution in [2.75, 3.05) is 6.54 Å². The fourth-order valence-corrected chi connectivity index (χ4v) is 2.54. The molecule has 2 rings (SSSR count). The van der Waals surface area contributed by atoms with Crippen LogP contribution in [0.15, 0.2) is 16.3 Å². The number of hydrazone groups is 1. The van der Waals surface area contributed by atoms with Gasteiger partial charge in [0.15, 0.2) is 5.03 Å². The number of nitrogens with one attached hydrogen (secondary N) is 2. The zero-order valence-corrected chi connectivity index (χ0v) is 11.5. The Balaban J connectivity index is 2.22. The molecule has 1 aromatic heterocycles. The number of rotatable bonds is 3. The molecule has 0 unspecified atom stereocenters. The highest BCUT2D eigenvalue weighted by Gasteiger charge is 2.27. The number of aromatic nitrogens is 2. The molecule has 9 nitrogen and oxygen atoms in total. The molecule has 0 spiro atoms. The number of amides is 2. The fraction of sp³-hybridized carbons (Fsp3) is 0.444. The van der Waals surface area contributed by atoms with Crippen molar-refractivity contribution < 1.29 is 13.2 Å². The van der Waals surface area contributed by atoms with Gasteiger partial charge in [-0.2, -0.15) is 5.10 Å². The van der Waals surface area contributed by atoms with Crippen molar-refractivity contribution in [1.29, 1.82) is 0 Å². The molecule has 0 atom stereocenters. The lowest BCUT2D eigenvalue weighted by Gasteiger charge is -2.24. The van der Waals surface area contributed by atoms with E-state index >= 15 is 0 Å². The third-order valence-corrected chi connectivity index (χ3v) is 3.77. The monoisotopic (exact) mass is 286 g/mol. The van der Waals surface area contributed by atoms with Gasteiger partial charge >= 0.3 is 6.03 Å². The Morgan fingerprint density at radius 3 is 2.68 bits per heavy atom. The third kappa shape index (κ3) is 2.74. The minimum Gasteiger partial charge on any atom is -0.337 e. The molecule has 0 bridgehead atoms. The van der Waals surface area contributed by atoms with E-state index < -0.39 is 16.1 Å². The van der Waals surface area contributed by atoms with E-state index in [0.717, 1.165) is 5.01 Å². The first-order valence-corrected chi connectivity index (χ1v) is 6.91. The van der Waals surface area contributed by atoms with E-state index in [4.69, 9.17) is 0 Å². The molecular formula is C9H14N6O3S. The summed E-state index contributed by atoms with van der Waals surface area (Å²) in [6, 6.07) is -0.637. The molecule has 0 fully saturated rings. The van der Waals surface area contributed by atoms with Crippen LogP contribution in [0.5, 0.6) is 0 Å². The van der Waals surface area contributed by atoms with Gasteiger partial charge in [0.25, 0.3) is 10.0 Å². The Morgan fingerprint density at radius 2 is 2.11 bits per heavy atom. The van der Waals surface area contributed by atoms with Crippen LogP contribution in [0.25, 0.3) is 0 Å². The Labute approximate surface area is 110 Å². The molecule has 104 valence electrons. The van der Waals surface area contributed by atoms with Crippen LogP contribution in [0.4, 0.5) is 4.79 Å². The van der Waals surface area contributed by atoms with E-state index in [1.807, 2.05) is 0 Å². The molecule has 2 heterocycles. The summed E-state index contributed by atoms with van der Waals surface area (Å²) in [5.41, 5.74) is 2.78. The number of carbonyl (C=O) groups is 1. The third-order valence-electron chi connectivity index (χ3n) is 2.57. The summed E-state index contributed by atoms with van der Waals surface area (Å²) in [7, 11) is -2.20. The van der Waals surface area contributed by atoms with Crippen molar-refractivity contribution >= 4 is 21.8 Å². The molecule has 0 radical (unpaired) electrons. The van der Waals surface area contributed by atoms with Gasteiger partial charge in [-0.25, -0.2) is 28.6 Å². The van der Waals surface area contributed by atoms with E-state index in [9.17, 15) is 13.2 Å². The predicted octanol–water partition coefficient (Wildman–Crippen LogP) is -0.677. The molecule has 19 heavy (non-hydrogen) atoms. The summed E-state index contributed by atoms with van der Waals surface area (Å²) >= 11 is 0. The van der Waals surface area contributed by atoms with Crippen LogP contribution < -0.4 is 10.3 Å². The Morgan fingerprint density at radius 1 is 1.42 bits per heavy atom. The maximum atomic E-state index is 12.1. The van der Waals surface area contributed by atoms with Crippen LogP contribution in [0.3, 0.4) is 0 Å². The molecule has 0 aliphatic carbocycles. The van der Waals surface area contributed by atoms with E-state index in [1.165, 1.54) is 6.20 Å². The van der Waals surface area contributed by atoms with Crippen molar-refractivity contribution in [3.05, 3.63) is 12.0 Å². The summed E-state index contributed by atoms with van der Waals surface area (Å²) in [6.45, 7) is 3.44. The number of nitrogens with zero attached hydrogens (tertiary/aromatic N) is 4. The largest absolute Gasteiger partial charge is 0.353 e. The molecule has 0 saturated heterocycles. The van der Waals surface area contributed by atoms with Crippen LogP contribution in [0.2, 0.25) is 0 Å². The normalized spacial score (nSPS) is 16.3. The van der Waals surface area contributed by atoms with Gasteiger partial charge in [0, 0.05) is 13.2 Å². The quantitative estimate of drug-likeness (QED) is 0.767. The second-order valence-corrected chi connectivity index (χ2v) is 5.79. The number of imidazole rings is 1. The van der Waals surface area contributed by atoms with Crippen molar-refractivity contribution in [3.8, 4) is 0 Å².